The summed E-state index contributed by atoms with van der Waals surface area (Å²) in [6.45, 7) is 5.30. The second kappa shape index (κ2) is 21.0. The van der Waals surface area contributed by atoms with Gasteiger partial charge in [0.15, 0.2) is 11.4 Å². The van der Waals surface area contributed by atoms with E-state index in [1.165, 1.54) is 48.4 Å². The number of hydrogen-bond donors (Lipinski definition) is 4. The van der Waals surface area contributed by atoms with E-state index in [2.05, 4.69) is 16.0 Å². The van der Waals surface area contributed by atoms with Crippen LogP contribution in [0.5, 0.6) is 0 Å². The van der Waals surface area contributed by atoms with Crippen LogP contribution in [-0.4, -0.2) is 98.8 Å². The van der Waals surface area contributed by atoms with E-state index in [1.54, 1.807) is 32.2 Å². The number of carbonyl (C=O) groups excluding carboxylic acids is 8. The number of cyclic esters (lactones) is 1. The topological polar surface area (TPSA) is 249 Å². The van der Waals surface area contributed by atoms with E-state index in [0.29, 0.717) is 52.1 Å². The molecule has 0 saturated carbocycles. The molecule has 4 atom stereocenters. The number of thioether (sulfide) groups is 1. The number of amides is 5. The van der Waals surface area contributed by atoms with Crippen molar-refractivity contribution >= 4 is 69.7 Å². The number of halogens is 1. The molecule has 4 N–H and O–H groups in total. The van der Waals surface area contributed by atoms with E-state index in [0.717, 1.165) is 4.90 Å². The Bertz CT molecular complexity index is 2580. The maximum absolute atomic E-state index is 15.1. The van der Waals surface area contributed by atoms with E-state index < -0.39 is 70.9 Å². The fourth-order valence-corrected chi connectivity index (χ4v) is 8.65. The first kappa shape index (κ1) is 49.3. The molecule has 0 radical (unpaired) electrons. The molecule has 0 saturated heterocycles. The fraction of sp³-hybridized carbons (Fsp3) is 0.478. The molecule has 1 aromatic carbocycles. The van der Waals surface area contributed by atoms with Crippen LogP contribution in [-0.2, 0) is 73.1 Å². The number of aromatic nitrogens is 2. The first-order chi connectivity index (χ1) is 31.4. The summed E-state index contributed by atoms with van der Waals surface area (Å²) in [5.41, 5.74) is -0.204. The van der Waals surface area contributed by atoms with Crippen molar-refractivity contribution in [2.75, 3.05) is 26.1 Å². The van der Waals surface area contributed by atoms with Gasteiger partial charge in [-0.3, -0.25) is 43.3 Å². The second-order valence-electron chi connectivity index (χ2n) is 16.8. The van der Waals surface area contributed by atoms with E-state index in [4.69, 9.17) is 14.5 Å². The van der Waals surface area contributed by atoms with Gasteiger partial charge < -0.3 is 35.1 Å². The number of nitrogens with one attached hydrogen (secondary N) is 3. The van der Waals surface area contributed by atoms with Gasteiger partial charge in [0, 0.05) is 83.8 Å². The third-order valence-electron chi connectivity index (χ3n) is 12.1. The molecule has 0 unspecified atom stereocenters. The highest BCUT2D eigenvalue weighted by Gasteiger charge is 2.45. The molecule has 0 spiro atoms. The van der Waals surface area contributed by atoms with Crippen molar-refractivity contribution in [1.29, 1.82) is 0 Å². The number of unbranched alkanes of at least 4 members (excludes halogenated alkanes) is 2. The van der Waals surface area contributed by atoms with Crippen molar-refractivity contribution in [1.82, 2.24) is 30.4 Å². The minimum absolute atomic E-state index is 0.0226. The lowest BCUT2D eigenvalue weighted by molar-refractivity contribution is -0.172. The Hall–Kier alpha value is -6.12. The van der Waals surface area contributed by atoms with E-state index in [1.807, 2.05) is 0 Å². The SMILES string of the molecule is CC[C@@]1(O)C(=O)OCc2c1cc1n(c2=O)Cc2c-1nc1cc(F)c(SC)cc1c2CNC(=O)COCNC(=O)[C@H](C)CC(=O)[C@H](C)NC(=O)[C@H](C)CC(=O)CCCCCN1C(=O)C=CC1=O. The molecule has 6 rings (SSSR count). The summed E-state index contributed by atoms with van der Waals surface area (Å²) >= 11 is 1.18. The Labute approximate surface area is 383 Å². The zero-order chi connectivity index (χ0) is 48.0. The predicted molar refractivity (Wildman–Crippen MR) is 237 cm³/mol. The summed E-state index contributed by atoms with van der Waals surface area (Å²) in [5, 5.41) is 19.7. The summed E-state index contributed by atoms with van der Waals surface area (Å²) in [4.78, 5) is 120. The van der Waals surface area contributed by atoms with E-state index >= 15 is 4.39 Å². The number of benzene rings is 1. The van der Waals surface area contributed by atoms with Gasteiger partial charge in [0.2, 0.25) is 17.7 Å². The number of nitrogens with zero attached hydrogens (tertiary/aromatic N) is 3. The maximum Gasteiger partial charge on any atom is 0.343 e. The molecule has 5 heterocycles. The number of carbonyl (C=O) groups is 8. The van der Waals surface area contributed by atoms with Crippen molar-refractivity contribution in [3.05, 3.63) is 68.8 Å². The van der Waals surface area contributed by atoms with Crippen LogP contribution < -0.4 is 21.5 Å². The van der Waals surface area contributed by atoms with Gasteiger partial charge >= 0.3 is 5.97 Å². The quantitative estimate of drug-likeness (QED) is 0.0291. The maximum atomic E-state index is 15.1. The predicted octanol–water partition coefficient (Wildman–Crippen LogP) is 2.83. The Balaban J connectivity index is 0.963. The molecule has 18 nitrogen and oxygen atoms in total. The van der Waals surface area contributed by atoms with Gasteiger partial charge in [-0.05, 0) is 50.1 Å². The molecule has 5 amide bonds. The summed E-state index contributed by atoms with van der Waals surface area (Å²) in [5.74, 6) is -5.69. The molecular formula is C46H53FN6O12S. The largest absolute Gasteiger partial charge is 0.458 e. The smallest absolute Gasteiger partial charge is 0.343 e. The number of hydrogen-bond acceptors (Lipinski definition) is 14. The monoisotopic (exact) mass is 932 g/mol. The third kappa shape index (κ3) is 10.6. The van der Waals surface area contributed by atoms with E-state index in [9.17, 15) is 48.3 Å². The Morgan fingerprint density at radius 3 is 2.36 bits per heavy atom. The number of esters is 1. The van der Waals surface area contributed by atoms with Crippen molar-refractivity contribution in [2.24, 2.45) is 11.8 Å². The lowest BCUT2D eigenvalue weighted by atomic mass is 9.86. The molecule has 0 bridgehead atoms. The van der Waals surface area contributed by atoms with Crippen LogP contribution in [0.2, 0.25) is 0 Å². The molecule has 3 aliphatic rings. The van der Waals surface area contributed by atoms with Crippen molar-refractivity contribution in [3.8, 4) is 11.4 Å². The molecule has 3 aliphatic heterocycles. The van der Waals surface area contributed by atoms with Crippen LogP contribution in [0.4, 0.5) is 4.39 Å². The fourth-order valence-electron chi connectivity index (χ4n) is 8.16. The number of aliphatic hydroxyl groups is 1. The summed E-state index contributed by atoms with van der Waals surface area (Å²) in [7, 11) is 0. The zero-order valence-electron chi connectivity index (χ0n) is 37.4. The number of ketones is 2. The number of pyridine rings is 2. The highest BCUT2D eigenvalue weighted by molar-refractivity contribution is 7.98. The molecule has 352 valence electrons. The lowest BCUT2D eigenvalue weighted by Crippen LogP contribution is -2.44. The minimum atomic E-state index is -2.04. The Morgan fingerprint density at radius 2 is 1.67 bits per heavy atom. The summed E-state index contributed by atoms with van der Waals surface area (Å²) in [6, 6.07) is 3.51. The summed E-state index contributed by atoms with van der Waals surface area (Å²) in [6.07, 6.45) is 5.84. The standard InChI is InChI=1S/C46H53FN6O12S/c1-6-46(63)32-17-35-41-30(20-53(35)44(61)31(32)21-65-45(46)62)29(28-16-37(66-5)33(47)18-34(28)51-41)19-48-38(56)22-64-23-49-42(59)25(3)15-36(55)26(4)50-43(60)24(2)14-27(54)10-8-7-9-13-52-39(57)11-12-40(52)58/h11-12,16-18,24-26,63H,6-10,13-15,19-23H2,1-5H3,(H,48,56)(H,49,59)(H,50,60)/t24-,25-,26+,46+/m1/s1. The van der Waals surface area contributed by atoms with Crippen LogP contribution >= 0.6 is 11.8 Å². The Kier molecular flexibility index (Phi) is 15.7. The Morgan fingerprint density at radius 1 is 0.955 bits per heavy atom. The first-order valence-electron chi connectivity index (χ1n) is 21.7. The minimum Gasteiger partial charge on any atom is -0.458 e. The van der Waals surface area contributed by atoms with Crippen molar-refractivity contribution < 1.29 is 57.3 Å². The van der Waals surface area contributed by atoms with Gasteiger partial charge in [0.05, 0.1) is 35.1 Å². The highest BCUT2D eigenvalue weighted by Crippen LogP contribution is 2.41. The molecule has 20 heteroatoms. The zero-order valence-corrected chi connectivity index (χ0v) is 38.2. The average molecular weight is 933 g/mol. The van der Waals surface area contributed by atoms with E-state index in [-0.39, 0.29) is 92.9 Å². The van der Waals surface area contributed by atoms with Crippen LogP contribution in [0.15, 0.2) is 40.0 Å². The lowest BCUT2D eigenvalue weighted by Gasteiger charge is -2.31. The molecule has 0 fully saturated rings. The molecular weight excluding hydrogens is 880 g/mol. The number of rotatable bonds is 22. The molecule has 2 aromatic heterocycles. The second-order valence-corrected chi connectivity index (χ2v) is 17.6. The van der Waals surface area contributed by atoms with Crippen molar-refractivity contribution in [2.45, 2.75) is 109 Å². The molecule has 66 heavy (non-hydrogen) atoms. The van der Waals surface area contributed by atoms with Gasteiger partial charge in [0.1, 0.15) is 31.5 Å². The average Bonchev–Trinajstić information content (AvgIpc) is 3.82. The molecule has 3 aromatic rings. The van der Waals surface area contributed by atoms with Gasteiger partial charge in [-0.15, -0.1) is 11.8 Å². The first-order valence-corrected chi connectivity index (χ1v) is 23.0. The number of ether oxygens (including phenoxy) is 2. The highest BCUT2D eigenvalue weighted by atomic mass is 32.2. The van der Waals surface area contributed by atoms with Crippen LogP contribution in [0.25, 0.3) is 22.3 Å². The normalized spacial score (nSPS) is 17.4. The number of fused-ring (bicyclic) bond motifs is 5. The van der Waals surface area contributed by atoms with Gasteiger partial charge in [-0.1, -0.05) is 27.2 Å². The van der Waals surface area contributed by atoms with Crippen LogP contribution in [0.1, 0.15) is 94.9 Å². The third-order valence-corrected chi connectivity index (χ3v) is 12.9. The van der Waals surface area contributed by atoms with Crippen LogP contribution in [0.3, 0.4) is 0 Å². The number of imide groups is 1. The summed E-state index contributed by atoms with van der Waals surface area (Å²) < 4.78 is 27.1. The van der Waals surface area contributed by atoms with Crippen LogP contribution in [0, 0.1) is 17.7 Å². The van der Waals surface area contributed by atoms with Gasteiger partial charge in [0.25, 0.3) is 17.4 Å². The van der Waals surface area contributed by atoms with Gasteiger partial charge in [-0.2, -0.15) is 0 Å². The molecule has 0 aliphatic carbocycles. The van der Waals surface area contributed by atoms with Crippen molar-refractivity contribution in [3.63, 3.8) is 0 Å². The number of Topliss-reactive ketones (excluding diaryl/α,β-unsaturated/α-hetero) is 2. The van der Waals surface area contributed by atoms with Gasteiger partial charge in [-0.25, -0.2) is 14.2 Å².